The van der Waals surface area contributed by atoms with Crippen molar-refractivity contribution in [2.45, 2.75) is 23.4 Å². The molecule has 0 fully saturated rings. The van der Waals surface area contributed by atoms with Gasteiger partial charge in [0, 0.05) is 0 Å². The predicted molar refractivity (Wildman–Crippen MR) is 83.7 cm³/mol. The van der Waals surface area contributed by atoms with Gasteiger partial charge in [0.05, 0.1) is 16.2 Å². The Morgan fingerprint density at radius 2 is 2.00 bits per heavy atom. The normalized spacial score (nSPS) is 12.2. The van der Waals surface area contributed by atoms with Crippen molar-refractivity contribution in [1.29, 1.82) is 0 Å². The lowest BCUT2D eigenvalue weighted by Crippen LogP contribution is -2.13. The van der Waals surface area contributed by atoms with E-state index < -0.39 is 26.3 Å². The van der Waals surface area contributed by atoms with E-state index in [0.717, 1.165) is 17.4 Å². The first kappa shape index (κ1) is 15.8. The maximum atomic E-state index is 13.3. The van der Waals surface area contributed by atoms with E-state index in [9.17, 15) is 17.6 Å². The average molecular weight is 354 g/mol. The van der Waals surface area contributed by atoms with Crippen molar-refractivity contribution in [3.05, 3.63) is 40.5 Å². The second-order valence-corrected chi connectivity index (χ2v) is 8.74. The summed E-state index contributed by atoms with van der Waals surface area (Å²) < 4.78 is 42.6. The molecule has 120 valence electrons. The summed E-state index contributed by atoms with van der Waals surface area (Å²) >= 11 is 0.784. The lowest BCUT2D eigenvalue weighted by Gasteiger charge is -2.01. The Labute approximate surface area is 134 Å². The number of sulfone groups is 1. The molecule has 0 saturated carbocycles. The number of fused-ring (bicyclic) bond motifs is 1. The summed E-state index contributed by atoms with van der Waals surface area (Å²) in [5.74, 6) is -0.567. The molecule has 9 heteroatoms. The first-order valence-electron chi connectivity index (χ1n) is 6.59. The van der Waals surface area contributed by atoms with Crippen molar-refractivity contribution < 1.29 is 17.2 Å². The van der Waals surface area contributed by atoms with Gasteiger partial charge in [0.15, 0.2) is 5.01 Å². The summed E-state index contributed by atoms with van der Waals surface area (Å²) in [6.45, 7) is 3.06. The van der Waals surface area contributed by atoms with E-state index in [1.54, 1.807) is 0 Å². The van der Waals surface area contributed by atoms with Crippen LogP contribution in [0.4, 0.5) is 4.39 Å². The minimum absolute atomic E-state index is 0.0470. The number of rotatable bonds is 3. The van der Waals surface area contributed by atoms with Gasteiger partial charge < -0.3 is 4.42 Å². The fourth-order valence-corrected chi connectivity index (χ4v) is 4.30. The number of nitrogens with zero attached hydrogens (tertiary/aromatic N) is 2. The second kappa shape index (κ2) is 5.50. The Morgan fingerprint density at radius 3 is 2.70 bits per heavy atom. The van der Waals surface area contributed by atoms with Crippen molar-refractivity contribution in [2.24, 2.45) is 0 Å². The first-order valence-corrected chi connectivity index (χ1v) is 8.96. The summed E-state index contributed by atoms with van der Waals surface area (Å²) in [5, 5.41) is 6.94. The molecule has 2 heterocycles. The zero-order chi connectivity index (χ0) is 16.8. The molecule has 3 rings (SSSR count). The maximum Gasteiger partial charge on any atom is 0.233 e. The monoisotopic (exact) mass is 354 g/mol. The lowest BCUT2D eigenvalue weighted by molar-refractivity contribution is 0.585. The van der Waals surface area contributed by atoms with E-state index in [-0.39, 0.29) is 25.9 Å². The summed E-state index contributed by atoms with van der Waals surface area (Å²) in [6, 6.07) is 3.60. The molecule has 0 saturated heterocycles. The largest absolute Gasteiger partial charge is 0.463 e. The van der Waals surface area contributed by atoms with Gasteiger partial charge in [0.2, 0.25) is 19.6 Å². The molecule has 0 spiro atoms. The fraction of sp³-hybridized carbons (Fsp3) is 0.214. The van der Waals surface area contributed by atoms with Crippen LogP contribution in [-0.2, 0) is 9.84 Å². The SMILES string of the molecule is CC(C)S(=O)(=O)c1nnc(-c2coc3ccc(F)cc3c2=O)s1. The van der Waals surface area contributed by atoms with Crippen molar-refractivity contribution in [3.8, 4) is 10.6 Å². The standard InChI is InChI=1S/C14H11FN2O4S2/c1-7(2)23(19,20)14-17-16-13(22-14)10-6-21-11-4-3-8(15)5-9(11)12(10)18/h3-7H,1-2H3. The van der Waals surface area contributed by atoms with E-state index in [2.05, 4.69) is 10.2 Å². The highest BCUT2D eigenvalue weighted by Crippen LogP contribution is 2.27. The molecule has 2 aromatic heterocycles. The molecule has 0 bridgehead atoms. The van der Waals surface area contributed by atoms with E-state index in [0.29, 0.717) is 0 Å². The van der Waals surface area contributed by atoms with Gasteiger partial charge in [-0.2, -0.15) is 0 Å². The number of aromatic nitrogens is 2. The molecule has 23 heavy (non-hydrogen) atoms. The van der Waals surface area contributed by atoms with Crippen molar-refractivity contribution in [1.82, 2.24) is 10.2 Å². The molecule has 0 unspecified atom stereocenters. The number of hydrogen-bond donors (Lipinski definition) is 0. The summed E-state index contributed by atoms with van der Waals surface area (Å²) in [7, 11) is -3.57. The van der Waals surface area contributed by atoms with Gasteiger partial charge >= 0.3 is 0 Å². The van der Waals surface area contributed by atoms with Crippen LogP contribution >= 0.6 is 11.3 Å². The van der Waals surface area contributed by atoms with Crippen LogP contribution < -0.4 is 5.43 Å². The quantitative estimate of drug-likeness (QED) is 0.718. The van der Waals surface area contributed by atoms with E-state index in [1.807, 2.05) is 0 Å². The van der Waals surface area contributed by atoms with Crippen molar-refractivity contribution in [3.63, 3.8) is 0 Å². The molecule has 0 aliphatic heterocycles. The second-order valence-electron chi connectivity index (χ2n) is 5.09. The summed E-state index contributed by atoms with van der Waals surface area (Å²) in [4.78, 5) is 12.4. The van der Waals surface area contributed by atoms with Crippen LogP contribution in [0.3, 0.4) is 0 Å². The number of benzene rings is 1. The Morgan fingerprint density at radius 1 is 1.26 bits per heavy atom. The van der Waals surface area contributed by atoms with Crippen molar-refractivity contribution in [2.75, 3.05) is 0 Å². The van der Waals surface area contributed by atoms with E-state index in [1.165, 1.54) is 32.2 Å². The minimum Gasteiger partial charge on any atom is -0.463 e. The van der Waals surface area contributed by atoms with Crippen LogP contribution in [0.2, 0.25) is 0 Å². The zero-order valence-corrected chi connectivity index (χ0v) is 13.7. The molecule has 0 aliphatic rings. The Kier molecular flexibility index (Phi) is 3.77. The van der Waals surface area contributed by atoms with Gasteiger partial charge in [-0.3, -0.25) is 4.79 Å². The third kappa shape index (κ3) is 2.66. The van der Waals surface area contributed by atoms with Gasteiger partial charge in [-0.1, -0.05) is 11.3 Å². The number of hydrogen-bond acceptors (Lipinski definition) is 7. The van der Waals surface area contributed by atoms with Gasteiger partial charge in [0.1, 0.15) is 17.7 Å². The highest BCUT2D eigenvalue weighted by atomic mass is 32.2. The predicted octanol–water partition coefficient (Wildman–Crippen LogP) is 2.63. The van der Waals surface area contributed by atoms with Gasteiger partial charge in [-0.05, 0) is 32.0 Å². The zero-order valence-electron chi connectivity index (χ0n) is 12.1. The third-order valence-corrected chi connectivity index (χ3v) is 6.74. The third-order valence-electron chi connectivity index (χ3n) is 3.24. The van der Waals surface area contributed by atoms with Crippen LogP contribution in [0.15, 0.2) is 38.0 Å². The highest BCUT2D eigenvalue weighted by molar-refractivity contribution is 7.93. The lowest BCUT2D eigenvalue weighted by atomic mass is 10.2. The molecule has 0 N–H and O–H groups in total. The number of halogens is 1. The molecular weight excluding hydrogens is 343 g/mol. The minimum atomic E-state index is -3.57. The van der Waals surface area contributed by atoms with Crippen LogP contribution in [0.5, 0.6) is 0 Å². The van der Waals surface area contributed by atoms with Crippen molar-refractivity contribution >= 4 is 32.1 Å². The van der Waals surface area contributed by atoms with E-state index >= 15 is 0 Å². The van der Waals surface area contributed by atoms with Gasteiger partial charge in [-0.15, -0.1) is 10.2 Å². The summed E-state index contributed by atoms with van der Waals surface area (Å²) in [5.41, 5.74) is -0.208. The highest BCUT2D eigenvalue weighted by Gasteiger charge is 2.25. The van der Waals surface area contributed by atoms with Gasteiger partial charge in [0.25, 0.3) is 0 Å². The van der Waals surface area contributed by atoms with Crippen LogP contribution in [0.1, 0.15) is 13.8 Å². The van der Waals surface area contributed by atoms with Gasteiger partial charge in [-0.25, -0.2) is 12.8 Å². The molecule has 0 amide bonds. The fourth-order valence-electron chi connectivity index (χ4n) is 1.89. The Hall–Kier alpha value is -2.13. The smallest absolute Gasteiger partial charge is 0.233 e. The summed E-state index contributed by atoms with van der Waals surface area (Å²) in [6.07, 6.45) is 1.18. The Bertz CT molecular complexity index is 1050. The molecule has 6 nitrogen and oxygen atoms in total. The average Bonchev–Trinajstić information content (AvgIpc) is 2.98. The first-order chi connectivity index (χ1) is 10.8. The topological polar surface area (TPSA) is 90.1 Å². The Balaban J connectivity index is 2.17. The van der Waals surface area contributed by atoms with Crippen LogP contribution in [0.25, 0.3) is 21.5 Å². The molecular formula is C14H11FN2O4S2. The molecule has 0 atom stereocenters. The van der Waals surface area contributed by atoms with Crippen LogP contribution in [0, 0.1) is 5.82 Å². The van der Waals surface area contributed by atoms with Crippen LogP contribution in [-0.4, -0.2) is 23.9 Å². The molecule has 0 radical (unpaired) electrons. The maximum absolute atomic E-state index is 13.3. The molecule has 3 aromatic rings. The molecule has 0 aliphatic carbocycles. The molecule has 1 aromatic carbocycles. The van der Waals surface area contributed by atoms with E-state index in [4.69, 9.17) is 4.42 Å².